The highest BCUT2D eigenvalue weighted by Gasteiger charge is 2.09. The van der Waals surface area contributed by atoms with Crippen molar-refractivity contribution in [2.45, 2.75) is 6.54 Å². The van der Waals surface area contributed by atoms with Gasteiger partial charge < -0.3 is 9.73 Å². The molecule has 0 spiro atoms. The van der Waals surface area contributed by atoms with Crippen LogP contribution in [-0.4, -0.2) is 20.7 Å². The smallest absolute Gasteiger partial charge is 0.251 e. The van der Waals surface area contributed by atoms with Crippen LogP contribution in [0.3, 0.4) is 0 Å². The van der Waals surface area contributed by atoms with E-state index in [1.807, 2.05) is 48.5 Å². The molecule has 0 saturated carbocycles. The molecular weight excluding hydrogens is 364 g/mol. The Kier molecular flexibility index (Phi) is 4.72. The van der Waals surface area contributed by atoms with Crippen molar-refractivity contribution in [3.05, 3.63) is 89.7 Å². The third-order valence-corrected chi connectivity index (χ3v) is 4.28. The van der Waals surface area contributed by atoms with Crippen LogP contribution in [0.25, 0.3) is 17.0 Å². The topological polar surface area (TPSA) is 73.0 Å². The van der Waals surface area contributed by atoms with E-state index in [1.165, 1.54) is 6.33 Å². The molecule has 4 aromatic rings. The van der Waals surface area contributed by atoms with Crippen LogP contribution in [0.5, 0.6) is 0 Å². The van der Waals surface area contributed by atoms with E-state index in [4.69, 9.17) is 16.0 Å². The van der Waals surface area contributed by atoms with E-state index in [1.54, 1.807) is 23.1 Å². The predicted octanol–water partition coefficient (Wildman–Crippen LogP) is 4.11. The molecule has 1 amide bonds. The van der Waals surface area contributed by atoms with Crippen LogP contribution in [0.15, 0.2) is 77.7 Å². The number of hydrogen-bond acceptors (Lipinski definition) is 4. The quantitative estimate of drug-likeness (QED) is 0.567. The van der Waals surface area contributed by atoms with Crippen molar-refractivity contribution in [2.24, 2.45) is 0 Å². The Morgan fingerprint density at radius 1 is 1.04 bits per heavy atom. The Morgan fingerprint density at radius 2 is 1.81 bits per heavy atom. The van der Waals surface area contributed by atoms with Crippen LogP contribution in [0.1, 0.15) is 16.1 Å². The number of carbonyl (C=O) groups is 1. The number of benzene rings is 2. The lowest BCUT2D eigenvalue weighted by atomic mass is 10.2. The van der Waals surface area contributed by atoms with E-state index in [9.17, 15) is 4.79 Å². The summed E-state index contributed by atoms with van der Waals surface area (Å²) in [5.74, 6) is 1.23. The molecule has 0 fully saturated rings. The molecule has 0 aliphatic rings. The van der Waals surface area contributed by atoms with Crippen LogP contribution in [0.4, 0.5) is 0 Å². The Hall–Kier alpha value is -3.38. The molecule has 0 unspecified atom stereocenters. The van der Waals surface area contributed by atoms with Gasteiger partial charge in [-0.2, -0.15) is 5.10 Å². The molecule has 0 aliphatic heterocycles. The first-order chi connectivity index (χ1) is 13.2. The average Bonchev–Trinajstić information content (AvgIpc) is 3.39. The summed E-state index contributed by atoms with van der Waals surface area (Å²) >= 11 is 5.90. The molecule has 0 radical (unpaired) electrons. The molecule has 2 aromatic heterocycles. The number of nitrogens with zero attached hydrogens (tertiary/aromatic N) is 3. The van der Waals surface area contributed by atoms with Crippen LogP contribution < -0.4 is 5.32 Å². The fourth-order valence-electron chi connectivity index (χ4n) is 2.62. The van der Waals surface area contributed by atoms with Gasteiger partial charge in [-0.3, -0.25) is 4.79 Å². The molecule has 2 heterocycles. The summed E-state index contributed by atoms with van der Waals surface area (Å²) in [5.41, 5.74) is 2.33. The van der Waals surface area contributed by atoms with Crippen molar-refractivity contribution in [1.82, 2.24) is 20.1 Å². The van der Waals surface area contributed by atoms with E-state index < -0.39 is 0 Å². The second-order valence-corrected chi connectivity index (χ2v) is 6.28. The van der Waals surface area contributed by atoms with Crippen molar-refractivity contribution >= 4 is 17.5 Å². The standard InChI is InChI=1S/C20H15ClN4O2/c21-16-5-1-14(2-6-16)19-10-9-18(27-19)11-23-20(26)15-3-7-17(8-4-15)25-13-22-12-24-25/h1-10,12-13H,11H2,(H,23,26). The lowest BCUT2D eigenvalue weighted by Gasteiger charge is -2.05. The third-order valence-electron chi connectivity index (χ3n) is 4.03. The maximum Gasteiger partial charge on any atom is 0.251 e. The highest BCUT2D eigenvalue weighted by atomic mass is 35.5. The van der Waals surface area contributed by atoms with Crippen molar-refractivity contribution in [1.29, 1.82) is 0 Å². The summed E-state index contributed by atoms with van der Waals surface area (Å²) < 4.78 is 7.42. The second-order valence-electron chi connectivity index (χ2n) is 5.84. The third kappa shape index (κ3) is 3.91. The summed E-state index contributed by atoms with van der Waals surface area (Å²) in [6.07, 6.45) is 3.06. The number of carbonyl (C=O) groups excluding carboxylic acids is 1. The first-order valence-electron chi connectivity index (χ1n) is 8.27. The molecule has 0 atom stereocenters. The lowest BCUT2D eigenvalue weighted by Crippen LogP contribution is -2.22. The maximum atomic E-state index is 12.3. The number of aromatic nitrogens is 3. The Morgan fingerprint density at radius 3 is 2.52 bits per heavy atom. The van der Waals surface area contributed by atoms with Gasteiger partial charge in [0.1, 0.15) is 24.2 Å². The van der Waals surface area contributed by atoms with Gasteiger partial charge in [-0.1, -0.05) is 11.6 Å². The minimum absolute atomic E-state index is 0.176. The number of hydrogen-bond donors (Lipinski definition) is 1. The SMILES string of the molecule is O=C(NCc1ccc(-c2ccc(Cl)cc2)o1)c1ccc(-n2cncn2)cc1. The molecule has 0 bridgehead atoms. The predicted molar refractivity (Wildman–Crippen MR) is 102 cm³/mol. The van der Waals surface area contributed by atoms with E-state index in [0.29, 0.717) is 22.9 Å². The van der Waals surface area contributed by atoms with E-state index in [-0.39, 0.29) is 5.91 Å². The van der Waals surface area contributed by atoms with Crippen LogP contribution in [0, 0.1) is 0 Å². The van der Waals surface area contributed by atoms with E-state index >= 15 is 0 Å². The van der Waals surface area contributed by atoms with Gasteiger partial charge in [0.15, 0.2) is 0 Å². The molecule has 0 aliphatic carbocycles. The summed E-state index contributed by atoms with van der Waals surface area (Å²) in [4.78, 5) is 16.2. The van der Waals surface area contributed by atoms with Crippen LogP contribution in [-0.2, 0) is 6.54 Å². The van der Waals surface area contributed by atoms with Crippen LogP contribution in [0.2, 0.25) is 5.02 Å². The zero-order valence-corrected chi connectivity index (χ0v) is 14.9. The number of furan rings is 1. The van der Waals surface area contributed by atoms with Gasteiger partial charge in [-0.05, 0) is 60.7 Å². The van der Waals surface area contributed by atoms with E-state index in [2.05, 4.69) is 15.4 Å². The Balaban J connectivity index is 1.38. The number of halogens is 1. The fraction of sp³-hybridized carbons (Fsp3) is 0.0500. The molecule has 4 rings (SSSR count). The molecule has 134 valence electrons. The summed E-state index contributed by atoms with van der Waals surface area (Å²) in [6.45, 7) is 0.303. The summed E-state index contributed by atoms with van der Waals surface area (Å²) in [7, 11) is 0. The second kappa shape index (κ2) is 7.47. The minimum atomic E-state index is -0.176. The largest absolute Gasteiger partial charge is 0.459 e. The first kappa shape index (κ1) is 17.1. The van der Waals surface area contributed by atoms with Gasteiger partial charge in [0.2, 0.25) is 0 Å². The number of rotatable bonds is 5. The van der Waals surface area contributed by atoms with Gasteiger partial charge in [0, 0.05) is 16.1 Å². The van der Waals surface area contributed by atoms with Crippen molar-refractivity contribution in [2.75, 3.05) is 0 Å². The normalized spacial score (nSPS) is 10.7. The maximum absolute atomic E-state index is 12.3. The van der Waals surface area contributed by atoms with E-state index in [0.717, 1.165) is 17.0 Å². The van der Waals surface area contributed by atoms with Crippen molar-refractivity contribution in [3.8, 4) is 17.0 Å². The van der Waals surface area contributed by atoms with Crippen molar-refractivity contribution in [3.63, 3.8) is 0 Å². The van der Waals surface area contributed by atoms with Gasteiger partial charge in [-0.25, -0.2) is 9.67 Å². The highest BCUT2D eigenvalue weighted by molar-refractivity contribution is 6.30. The fourth-order valence-corrected chi connectivity index (χ4v) is 2.74. The first-order valence-corrected chi connectivity index (χ1v) is 8.65. The highest BCUT2D eigenvalue weighted by Crippen LogP contribution is 2.23. The van der Waals surface area contributed by atoms with Crippen LogP contribution >= 0.6 is 11.6 Å². The molecule has 2 aromatic carbocycles. The lowest BCUT2D eigenvalue weighted by molar-refractivity contribution is 0.0948. The zero-order chi connectivity index (χ0) is 18.6. The van der Waals surface area contributed by atoms with Gasteiger partial charge in [0.05, 0.1) is 12.2 Å². The molecule has 7 heteroatoms. The zero-order valence-electron chi connectivity index (χ0n) is 14.2. The Labute approximate surface area is 160 Å². The monoisotopic (exact) mass is 378 g/mol. The molecule has 1 N–H and O–H groups in total. The molecule has 6 nitrogen and oxygen atoms in total. The average molecular weight is 379 g/mol. The molecule has 27 heavy (non-hydrogen) atoms. The van der Waals surface area contributed by atoms with Gasteiger partial charge >= 0.3 is 0 Å². The molecular formula is C20H15ClN4O2. The Bertz CT molecular complexity index is 1040. The number of amides is 1. The number of nitrogens with one attached hydrogen (secondary N) is 1. The van der Waals surface area contributed by atoms with Gasteiger partial charge in [-0.15, -0.1) is 0 Å². The minimum Gasteiger partial charge on any atom is -0.459 e. The molecule has 0 saturated heterocycles. The summed E-state index contributed by atoms with van der Waals surface area (Å²) in [6, 6.07) is 18.2. The van der Waals surface area contributed by atoms with Crippen molar-refractivity contribution < 1.29 is 9.21 Å². The van der Waals surface area contributed by atoms with Gasteiger partial charge in [0.25, 0.3) is 5.91 Å². The summed E-state index contributed by atoms with van der Waals surface area (Å²) in [5, 5.41) is 7.58.